The van der Waals surface area contributed by atoms with Gasteiger partial charge in [-0.05, 0) is 47.5 Å². The fourth-order valence-electron chi connectivity index (χ4n) is 2.27. The number of aliphatic hydroxyl groups is 1. The Kier molecular flexibility index (Phi) is 5.82. The van der Waals surface area contributed by atoms with Crippen molar-refractivity contribution in [3.05, 3.63) is 96.4 Å². The highest BCUT2D eigenvalue weighted by Gasteiger charge is 2.12. The van der Waals surface area contributed by atoms with E-state index in [0.29, 0.717) is 28.1 Å². The van der Waals surface area contributed by atoms with Crippen molar-refractivity contribution in [2.75, 3.05) is 5.32 Å². The standard InChI is InChI=1S/C20H19FN2O/c1-3-5-14(4-2)20(24)15-6-11-19(16(12-15)13-22)23-18-9-7-17(21)8-10-18/h3-13,20,22-24H,1-2H2/b14-5+,22-13?. The topological polar surface area (TPSA) is 56.1 Å². The number of anilines is 2. The van der Waals surface area contributed by atoms with Gasteiger partial charge in [0.05, 0.1) is 0 Å². The van der Waals surface area contributed by atoms with Crippen LogP contribution in [-0.4, -0.2) is 11.3 Å². The summed E-state index contributed by atoms with van der Waals surface area (Å²) in [6.45, 7) is 7.30. The molecule has 1 atom stereocenters. The van der Waals surface area contributed by atoms with Crippen LogP contribution in [0.1, 0.15) is 17.2 Å². The van der Waals surface area contributed by atoms with Gasteiger partial charge in [0.15, 0.2) is 0 Å². The van der Waals surface area contributed by atoms with E-state index in [1.54, 1.807) is 48.6 Å². The predicted octanol–water partition coefficient (Wildman–Crippen LogP) is 4.90. The number of allylic oxidation sites excluding steroid dienone is 2. The Hall–Kier alpha value is -2.98. The van der Waals surface area contributed by atoms with Gasteiger partial charge in [-0.25, -0.2) is 4.39 Å². The Morgan fingerprint density at radius 1 is 1.17 bits per heavy atom. The first-order valence-corrected chi connectivity index (χ1v) is 7.39. The molecule has 0 radical (unpaired) electrons. The lowest BCUT2D eigenvalue weighted by molar-refractivity contribution is 0.219. The predicted molar refractivity (Wildman–Crippen MR) is 97.4 cm³/mol. The molecule has 0 saturated heterocycles. The van der Waals surface area contributed by atoms with E-state index in [1.807, 2.05) is 0 Å². The van der Waals surface area contributed by atoms with Gasteiger partial charge in [0, 0.05) is 23.2 Å². The molecule has 1 unspecified atom stereocenters. The van der Waals surface area contributed by atoms with Crippen LogP contribution >= 0.6 is 0 Å². The lowest BCUT2D eigenvalue weighted by Crippen LogP contribution is -2.03. The number of hydrogen-bond acceptors (Lipinski definition) is 3. The van der Waals surface area contributed by atoms with Crippen LogP contribution in [0.5, 0.6) is 0 Å². The monoisotopic (exact) mass is 322 g/mol. The maximum atomic E-state index is 13.0. The summed E-state index contributed by atoms with van der Waals surface area (Å²) in [5.41, 5.74) is 3.29. The van der Waals surface area contributed by atoms with Crippen molar-refractivity contribution in [3.63, 3.8) is 0 Å². The number of aliphatic hydroxyl groups excluding tert-OH is 1. The largest absolute Gasteiger partial charge is 0.384 e. The molecule has 3 nitrogen and oxygen atoms in total. The lowest BCUT2D eigenvalue weighted by Gasteiger charge is -2.15. The molecule has 122 valence electrons. The van der Waals surface area contributed by atoms with Crippen LogP contribution in [0, 0.1) is 11.2 Å². The van der Waals surface area contributed by atoms with Crippen molar-refractivity contribution in [2.24, 2.45) is 0 Å². The van der Waals surface area contributed by atoms with Gasteiger partial charge in [-0.15, -0.1) is 0 Å². The van der Waals surface area contributed by atoms with Gasteiger partial charge < -0.3 is 15.8 Å². The first kappa shape index (κ1) is 17.4. The Morgan fingerprint density at radius 3 is 2.46 bits per heavy atom. The van der Waals surface area contributed by atoms with Crippen LogP contribution < -0.4 is 5.32 Å². The molecular weight excluding hydrogens is 303 g/mol. The van der Waals surface area contributed by atoms with Crippen molar-refractivity contribution < 1.29 is 9.50 Å². The minimum Gasteiger partial charge on any atom is -0.384 e. The lowest BCUT2D eigenvalue weighted by atomic mass is 9.98. The number of benzene rings is 2. The first-order valence-electron chi connectivity index (χ1n) is 7.39. The van der Waals surface area contributed by atoms with E-state index in [-0.39, 0.29) is 5.82 Å². The van der Waals surface area contributed by atoms with Crippen LogP contribution in [0.4, 0.5) is 15.8 Å². The van der Waals surface area contributed by atoms with Crippen LogP contribution in [0.3, 0.4) is 0 Å². The second-order valence-corrected chi connectivity index (χ2v) is 5.13. The van der Waals surface area contributed by atoms with E-state index < -0.39 is 6.10 Å². The average molecular weight is 322 g/mol. The maximum Gasteiger partial charge on any atom is 0.123 e. The Balaban J connectivity index is 2.31. The highest BCUT2D eigenvalue weighted by atomic mass is 19.1. The molecule has 2 rings (SSSR count). The van der Waals surface area contributed by atoms with Crippen LogP contribution in [0.2, 0.25) is 0 Å². The van der Waals surface area contributed by atoms with E-state index in [1.165, 1.54) is 18.3 Å². The molecule has 0 heterocycles. The molecule has 0 aliphatic heterocycles. The SMILES string of the molecule is C=C/C=C(\C=C)C(O)c1ccc(Nc2ccc(F)cc2)c(C=N)c1. The molecule has 3 N–H and O–H groups in total. The van der Waals surface area contributed by atoms with Gasteiger partial charge in [0.2, 0.25) is 0 Å². The summed E-state index contributed by atoms with van der Waals surface area (Å²) in [7, 11) is 0. The van der Waals surface area contributed by atoms with Gasteiger partial charge in [0.25, 0.3) is 0 Å². The molecule has 0 amide bonds. The molecule has 4 heteroatoms. The Labute approximate surface area is 141 Å². The van der Waals surface area contributed by atoms with E-state index in [0.717, 1.165) is 0 Å². The average Bonchev–Trinajstić information content (AvgIpc) is 2.61. The van der Waals surface area contributed by atoms with Crippen molar-refractivity contribution >= 4 is 17.6 Å². The Bertz CT molecular complexity index is 779. The zero-order valence-corrected chi connectivity index (χ0v) is 13.2. The first-order chi connectivity index (χ1) is 11.6. The summed E-state index contributed by atoms with van der Waals surface area (Å²) in [6.07, 6.45) is 5.20. The molecule has 0 fully saturated rings. The van der Waals surface area contributed by atoms with Gasteiger partial charge in [-0.3, -0.25) is 0 Å². The van der Waals surface area contributed by atoms with E-state index >= 15 is 0 Å². The second kappa shape index (κ2) is 8.04. The molecular formula is C20H19FN2O. The number of nitrogens with one attached hydrogen (secondary N) is 2. The molecule has 2 aromatic rings. The van der Waals surface area contributed by atoms with Crippen molar-refractivity contribution in [2.45, 2.75) is 6.10 Å². The number of rotatable bonds is 7. The molecule has 0 aliphatic carbocycles. The quantitative estimate of drug-likeness (QED) is 0.502. The highest BCUT2D eigenvalue weighted by Crippen LogP contribution is 2.27. The van der Waals surface area contributed by atoms with Gasteiger partial charge >= 0.3 is 0 Å². The summed E-state index contributed by atoms with van der Waals surface area (Å²) in [6, 6.07) is 11.2. The van der Waals surface area contributed by atoms with Crippen LogP contribution in [0.15, 0.2) is 79.4 Å². The summed E-state index contributed by atoms with van der Waals surface area (Å²) < 4.78 is 13.0. The molecule has 0 bridgehead atoms. The number of hydrogen-bond donors (Lipinski definition) is 3. The van der Waals surface area contributed by atoms with Gasteiger partial charge in [-0.2, -0.15) is 0 Å². The van der Waals surface area contributed by atoms with Crippen LogP contribution in [0.25, 0.3) is 0 Å². The summed E-state index contributed by atoms with van der Waals surface area (Å²) in [5, 5.41) is 21.2. The Morgan fingerprint density at radius 2 is 1.88 bits per heavy atom. The molecule has 2 aromatic carbocycles. The third-order valence-electron chi connectivity index (χ3n) is 3.53. The van der Waals surface area contributed by atoms with E-state index in [9.17, 15) is 9.50 Å². The zero-order valence-electron chi connectivity index (χ0n) is 13.2. The smallest absolute Gasteiger partial charge is 0.123 e. The summed E-state index contributed by atoms with van der Waals surface area (Å²) >= 11 is 0. The minimum atomic E-state index is -0.848. The molecule has 24 heavy (non-hydrogen) atoms. The van der Waals surface area contributed by atoms with Crippen molar-refractivity contribution in [1.82, 2.24) is 0 Å². The third-order valence-corrected chi connectivity index (χ3v) is 3.53. The molecule has 0 spiro atoms. The van der Waals surface area contributed by atoms with Crippen molar-refractivity contribution in [3.8, 4) is 0 Å². The van der Waals surface area contributed by atoms with E-state index in [2.05, 4.69) is 18.5 Å². The molecule has 0 aliphatic rings. The second-order valence-electron chi connectivity index (χ2n) is 5.13. The number of halogens is 1. The highest BCUT2D eigenvalue weighted by molar-refractivity contribution is 5.87. The van der Waals surface area contributed by atoms with Gasteiger partial charge in [-0.1, -0.05) is 37.5 Å². The normalized spacial score (nSPS) is 12.3. The fourth-order valence-corrected chi connectivity index (χ4v) is 2.27. The van der Waals surface area contributed by atoms with Crippen LogP contribution in [-0.2, 0) is 0 Å². The van der Waals surface area contributed by atoms with Gasteiger partial charge in [0.1, 0.15) is 11.9 Å². The summed E-state index contributed by atoms with van der Waals surface area (Å²) in [5.74, 6) is -0.308. The zero-order chi connectivity index (χ0) is 17.5. The molecule has 0 aromatic heterocycles. The third kappa shape index (κ3) is 4.06. The fraction of sp³-hybridized carbons (Fsp3) is 0.0500. The minimum absolute atomic E-state index is 0.308. The van der Waals surface area contributed by atoms with Crippen molar-refractivity contribution in [1.29, 1.82) is 5.41 Å². The molecule has 0 saturated carbocycles. The maximum absolute atomic E-state index is 13.0. The van der Waals surface area contributed by atoms with E-state index in [4.69, 9.17) is 5.41 Å². The summed E-state index contributed by atoms with van der Waals surface area (Å²) in [4.78, 5) is 0.